The summed E-state index contributed by atoms with van der Waals surface area (Å²) < 4.78 is 83.5. The van der Waals surface area contributed by atoms with Crippen molar-refractivity contribution in [3.05, 3.63) is 65.0 Å². The molecule has 0 saturated carbocycles. The topological polar surface area (TPSA) is 56.3 Å². The molecule has 0 fully saturated rings. The number of carbonyl (C=O) groups excluding carboxylic acids is 2. The number of ketones is 1. The summed E-state index contributed by atoms with van der Waals surface area (Å²) in [6.07, 6.45) is -9.56. The number of carbonyl (C=O) groups is 2. The molecule has 0 bridgehead atoms. The molecule has 30 heavy (non-hydrogen) atoms. The highest BCUT2D eigenvalue weighted by Gasteiger charge is 2.37. The molecule has 0 aliphatic rings. The molecule has 0 radical (unpaired) electrons. The summed E-state index contributed by atoms with van der Waals surface area (Å²) in [6, 6.07) is 5.27. The zero-order valence-corrected chi connectivity index (χ0v) is 15.7. The van der Waals surface area contributed by atoms with Crippen molar-refractivity contribution < 1.29 is 40.7 Å². The van der Waals surface area contributed by atoms with Gasteiger partial charge in [-0.2, -0.15) is 26.3 Å². The summed E-state index contributed by atoms with van der Waals surface area (Å²) >= 11 is 0. The lowest BCUT2D eigenvalue weighted by Gasteiger charge is -2.21. The van der Waals surface area contributed by atoms with Gasteiger partial charge in [-0.05, 0) is 36.8 Å². The second-order valence-corrected chi connectivity index (χ2v) is 6.33. The van der Waals surface area contributed by atoms with Crippen molar-refractivity contribution in [3.63, 3.8) is 0 Å². The molecule has 4 nitrogen and oxygen atoms in total. The van der Waals surface area contributed by atoms with Crippen molar-refractivity contribution in [3.8, 4) is 0 Å². The average Bonchev–Trinajstić information content (AvgIpc) is 2.65. The summed E-state index contributed by atoms with van der Waals surface area (Å²) in [4.78, 5) is 27.6. The number of aromatic nitrogens is 1. The van der Waals surface area contributed by atoms with E-state index in [1.807, 2.05) is 0 Å². The van der Waals surface area contributed by atoms with Crippen molar-refractivity contribution in [1.29, 1.82) is 0 Å². The number of halogens is 6. The summed E-state index contributed by atoms with van der Waals surface area (Å²) in [6.45, 7) is 1.55. The van der Waals surface area contributed by atoms with E-state index in [4.69, 9.17) is 0 Å². The highest BCUT2D eigenvalue weighted by atomic mass is 19.4. The van der Waals surface area contributed by atoms with E-state index in [2.05, 4.69) is 9.72 Å². The van der Waals surface area contributed by atoms with Crippen LogP contribution in [0.2, 0.25) is 0 Å². The Kier molecular flexibility index (Phi) is 7.22. The normalized spacial score (nSPS) is 13.0. The number of esters is 1. The minimum absolute atomic E-state index is 0.0207. The summed E-state index contributed by atoms with van der Waals surface area (Å²) in [5, 5.41) is 0. The van der Waals surface area contributed by atoms with Crippen LogP contribution >= 0.6 is 0 Å². The third-order valence-corrected chi connectivity index (χ3v) is 4.19. The van der Waals surface area contributed by atoms with Gasteiger partial charge in [0.15, 0.2) is 0 Å². The first-order valence-corrected chi connectivity index (χ1v) is 8.80. The van der Waals surface area contributed by atoms with Gasteiger partial charge in [0.05, 0.1) is 23.4 Å². The van der Waals surface area contributed by atoms with Crippen LogP contribution in [-0.2, 0) is 26.7 Å². The van der Waals surface area contributed by atoms with E-state index in [0.29, 0.717) is 12.1 Å². The Labute approximate surface area is 167 Å². The zero-order chi connectivity index (χ0) is 22.5. The first-order valence-electron chi connectivity index (χ1n) is 8.80. The molecular formula is C20H17F6NO3. The van der Waals surface area contributed by atoms with E-state index < -0.39 is 59.7 Å². The molecule has 2 aromatic rings. The van der Waals surface area contributed by atoms with Crippen LogP contribution in [0.5, 0.6) is 0 Å². The minimum Gasteiger partial charge on any atom is -0.466 e. The Morgan fingerprint density at radius 3 is 2.17 bits per heavy atom. The maximum atomic E-state index is 13.4. The molecule has 1 heterocycles. The molecule has 1 aromatic heterocycles. The zero-order valence-electron chi connectivity index (χ0n) is 15.7. The highest BCUT2D eigenvalue weighted by Crippen LogP contribution is 2.39. The molecule has 0 spiro atoms. The maximum absolute atomic E-state index is 13.4. The number of ether oxygens (including phenoxy) is 1. The number of nitrogens with zero attached hydrogens (tertiary/aromatic N) is 1. The van der Waals surface area contributed by atoms with Crippen LogP contribution in [0.15, 0.2) is 42.6 Å². The van der Waals surface area contributed by atoms with E-state index in [0.717, 1.165) is 30.5 Å². The summed E-state index contributed by atoms with van der Waals surface area (Å²) in [5.41, 5.74) is -2.58. The summed E-state index contributed by atoms with van der Waals surface area (Å²) in [5.74, 6) is -2.87. The number of Topliss-reactive ketones (excluding diaryl/α,β-unsaturated/α-hetero) is 1. The monoisotopic (exact) mass is 433 g/mol. The second kappa shape index (κ2) is 9.27. The van der Waals surface area contributed by atoms with Crippen molar-refractivity contribution in [2.24, 2.45) is 0 Å². The van der Waals surface area contributed by atoms with Gasteiger partial charge in [-0.3, -0.25) is 14.6 Å². The van der Waals surface area contributed by atoms with Crippen molar-refractivity contribution >= 4 is 11.8 Å². The molecule has 0 aliphatic heterocycles. The smallest absolute Gasteiger partial charge is 0.418 e. The summed E-state index contributed by atoms with van der Waals surface area (Å²) in [7, 11) is 0. The molecule has 162 valence electrons. The SMILES string of the molecule is CCOC(=O)CC(=O)C[C@@H](c1ccc(C(F)(F)F)cc1)c1ncccc1C(F)(F)F. The van der Waals surface area contributed by atoms with Crippen LogP contribution in [0, 0.1) is 0 Å². The second-order valence-electron chi connectivity index (χ2n) is 6.33. The molecule has 2 rings (SSSR count). The highest BCUT2D eigenvalue weighted by molar-refractivity contribution is 5.96. The maximum Gasteiger partial charge on any atom is 0.418 e. The molecule has 0 N–H and O–H groups in total. The molecule has 0 unspecified atom stereocenters. The van der Waals surface area contributed by atoms with E-state index in [9.17, 15) is 35.9 Å². The van der Waals surface area contributed by atoms with Gasteiger partial charge in [-0.25, -0.2) is 0 Å². The quantitative estimate of drug-likeness (QED) is 0.344. The molecule has 0 saturated heterocycles. The fraction of sp³-hybridized carbons (Fsp3) is 0.350. The lowest BCUT2D eigenvalue weighted by molar-refractivity contribution is -0.146. The number of hydrogen-bond acceptors (Lipinski definition) is 4. The Balaban J connectivity index is 2.47. The fourth-order valence-electron chi connectivity index (χ4n) is 2.88. The lowest BCUT2D eigenvalue weighted by Crippen LogP contribution is -2.19. The predicted octanol–water partition coefficient (Wildman–Crippen LogP) is 5.16. The average molecular weight is 433 g/mol. The van der Waals surface area contributed by atoms with Crippen LogP contribution in [0.25, 0.3) is 0 Å². The number of hydrogen-bond donors (Lipinski definition) is 0. The van der Waals surface area contributed by atoms with Crippen molar-refractivity contribution in [2.75, 3.05) is 6.61 Å². The van der Waals surface area contributed by atoms with Gasteiger partial charge in [0.1, 0.15) is 12.2 Å². The first-order chi connectivity index (χ1) is 13.9. The van der Waals surface area contributed by atoms with Gasteiger partial charge >= 0.3 is 18.3 Å². The number of rotatable bonds is 7. The molecule has 1 aromatic carbocycles. The van der Waals surface area contributed by atoms with Gasteiger partial charge in [0, 0.05) is 18.5 Å². The van der Waals surface area contributed by atoms with Crippen LogP contribution in [0.4, 0.5) is 26.3 Å². The predicted molar refractivity (Wildman–Crippen MR) is 93.4 cm³/mol. The standard InChI is InChI=1S/C20H17F6NO3/c1-2-30-17(29)11-14(28)10-15(12-5-7-13(8-6-12)19(21,22)23)18-16(20(24,25)26)4-3-9-27-18/h3-9,15H,2,10-11H2,1H3/t15-/m0/s1. The van der Waals surface area contributed by atoms with Crippen LogP contribution < -0.4 is 0 Å². The van der Waals surface area contributed by atoms with Gasteiger partial charge in [0.25, 0.3) is 0 Å². The largest absolute Gasteiger partial charge is 0.466 e. The lowest BCUT2D eigenvalue weighted by atomic mass is 9.87. The van der Waals surface area contributed by atoms with Crippen LogP contribution in [-0.4, -0.2) is 23.3 Å². The molecule has 1 atom stereocenters. The van der Waals surface area contributed by atoms with Gasteiger partial charge in [-0.15, -0.1) is 0 Å². The Morgan fingerprint density at radius 1 is 1.00 bits per heavy atom. The third-order valence-electron chi connectivity index (χ3n) is 4.19. The van der Waals surface area contributed by atoms with E-state index in [1.54, 1.807) is 0 Å². The molecule has 0 aliphatic carbocycles. The van der Waals surface area contributed by atoms with E-state index >= 15 is 0 Å². The number of benzene rings is 1. The van der Waals surface area contributed by atoms with Crippen LogP contribution in [0.3, 0.4) is 0 Å². The Bertz CT molecular complexity index is 891. The minimum atomic E-state index is -4.79. The van der Waals surface area contributed by atoms with E-state index in [-0.39, 0.29) is 12.2 Å². The number of pyridine rings is 1. The number of alkyl halides is 6. The van der Waals surface area contributed by atoms with Gasteiger partial charge < -0.3 is 4.74 Å². The fourth-order valence-corrected chi connectivity index (χ4v) is 2.88. The molecule has 0 amide bonds. The Morgan fingerprint density at radius 2 is 1.63 bits per heavy atom. The molecule has 10 heteroatoms. The van der Waals surface area contributed by atoms with Gasteiger partial charge in [0.2, 0.25) is 0 Å². The molecular weight excluding hydrogens is 416 g/mol. The third kappa shape index (κ3) is 6.04. The van der Waals surface area contributed by atoms with Crippen LogP contribution in [0.1, 0.15) is 48.1 Å². The Hall–Kier alpha value is -2.91. The first kappa shape index (κ1) is 23.4. The van der Waals surface area contributed by atoms with Crippen molar-refractivity contribution in [1.82, 2.24) is 4.98 Å². The van der Waals surface area contributed by atoms with Crippen molar-refractivity contribution in [2.45, 2.75) is 38.0 Å². The van der Waals surface area contributed by atoms with E-state index in [1.165, 1.54) is 6.92 Å². The van der Waals surface area contributed by atoms with Gasteiger partial charge in [-0.1, -0.05) is 12.1 Å².